The van der Waals surface area contributed by atoms with Crippen LogP contribution in [0.2, 0.25) is 0 Å². The lowest BCUT2D eigenvalue weighted by molar-refractivity contribution is -0.120. The normalized spacial score (nSPS) is 14.3. The van der Waals surface area contributed by atoms with E-state index in [4.69, 9.17) is 10.00 Å². The molecule has 2 aromatic carbocycles. The molecule has 0 fully saturated rings. The van der Waals surface area contributed by atoms with Crippen molar-refractivity contribution < 1.29 is 23.1 Å². The number of benzene rings is 2. The average Bonchev–Trinajstić information content (AvgIpc) is 3.57. The van der Waals surface area contributed by atoms with Crippen molar-refractivity contribution in [2.24, 2.45) is 0 Å². The fourth-order valence-electron chi connectivity index (χ4n) is 4.40. The second kappa shape index (κ2) is 10.8. The minimum absolute atomic E-state index is 0.0227. The number of pyridine rings is 1. The lowest BCUT2D eigenvalue weighted by Crippen LogP contribution is -2.49. The number of nitriles is 1. The molecule has 0 aliphatic carbocycles. The second-order valence-electron chi connectivity index (χ2n) is 9.21. The first kappa shape index (κ1) is 26.6. The Morgan fingerprint density at radius 2 is 1.95 bits per heavy atom. The number of aromatic nitrogens is 3. The van der Waals surface area contributed by atoms with Crippen molar-refractivity contribution in [1.82, 2.24) is 19.7 Å². The number of nitrogens with one attached hydrogen (secondary N) is 1. The van der Waals surface area contributed by atoms with E-state index < -0.39 is 29.5 Å². The molecule has 12 heteroatoms. The fourth-order valence-corrected chi connectivity index (χ4v) is 5.27. The zero-order chi connectivity index (χ0) is 29.4. The van der Waals surface area contributed by atoms with E-state index in [0.29, 0.717) is 33.3 Å². The van der Waals surface area contributed by atoms with Crippen LogP contribution in [0.4, 0.5) is 14.5 Å². The Balaban J connectivity index is 1.20. The minimum Gasteiger partial charge on any atom is -0.489 e. The van der Waals surface area contributed by atoms with Crippen LogP contribution in [0.25, 0.3) is 16.2 Å². The maximum Gasteiger partial charge on any atom is 0.272 e. The molecule has 4 heterocycles. The van der Waals surface area contributed by atoms with E-state index in [2.05, 4.69) is 27.1 Å². The number of rotatable bonds is 3. The van der Waals surface area contributed by atoms with Gasteiger partial charge >= 0.3 is 0 Å². The summed E-state index contributed by atoms with van der Waals surface area (Å²) in [5.74, 6) is 3.86. The van der Waals surface area contributed by atoms with Crippen molar-refractivity contribution in [1.29, 1.82) is 5.26 Å². The number of anilines is 1. The summed E-state index contributed by atoms with van der Waals surface area (Å²) in [5.41, 5.74) is 2.35. The third-order valence-electron chi connectivity index (χ3n) is 6.51. The van der Waals surface area contributed by atoms with E-state index in [-0.39, 0.29) is 23.6 Å². The summed E-state index contributed by atoms with van der Waals surface area (Å²) in [6, 6.07) is 14.3. The van der Waals surface area contributed by atoms with Crippen LogP contribution in [0.1, 0.15) is 27.4 Å². The van der Waals surface area contributed by atoms with E-state index in [1.165, 1.54) is 32.9 Å². The number of imidazole rings is 1. The quantitative estimate of drug-likeness (QED) is 0.321. The van der Waals surface area contributed by atoms with Crippen molar-refractivity contribution in [3.05, 3.63) is 100 Å². The lowest BCUT2D eigenvalue weighted by atomic mass is 10.1. The van der Waals surface area contributed by atoms with Crippen LogP contribution in [0.3, 0.4) is 0 Å². The number of hydrogen-bond donors (Lipinski definition) is 1. The highest BCUT2D eigenvalue weighted by Crippen LogP contribution is 2.32. The maximum absolute atomic E-state index is 14.4. The summed E-state index contributed by atoms with van der Waals surface area (Å²) >= 11 is 1.19. The lowest BCUT2D eigenvalue weighted by Gasteiger charge is -2.20. The van der Waals surface area contributed by atoms with Crippen molar-refractivity contribution >= 4 is 33.8 Å². The fraction of sp³-hybridized carbons (Fsp3) is 0.100. The molecule has 0 unspecified atom stereocenters. The van der Waals surface area contributed by atoms with Crippen molar-refractivity contribution in [3.8, 4) is 34.9 Å². The number of carbonyl (C=O) groups is 2. The molecule has 1 N–H and O–H groups in total. The molecule has 1 aliphatic heterocycles. The van der Waals surface area contributed by atoms with Gasteiger partial charge in [0.15, 0.2) is 4.96 Å². The van der Waals surface area contributed by atoms with Crippen LogP contribution < -0.4 is 15.0 Å². The third-order valence-corrected chi connectivity index (χ3v) is 7.35. The van der Waals surface area contributed by atoms with Crippen LogP contribution in [0.15, 0.2) is 66.2 Å². The summed E-state index contributed by atoms with van der Waals surface area (Å²) in [5, 5.41) is 13.4. The highest BCUT2D eigenvalue weighted by molar-refractivity contribution is 7.15. The SMILES string of the molecule is CN1C(=O)[C@@H](NC(=O)c2cn3c(-c4ccc(F)cc4F)csc3n2)COc2ccc(C#Cc3cccc(C#N)n3)cc21. The van der Waals surface area contributed by atoms with Crippen molar-refractivity contribution in [2.45, 2.75) is 6.04 Å². The average molecular weight is 581 g/mol. The molecule has 0 saturated heterocycles. The predicted octanol–water partition coefficient (Wildman–Crippen LogP) is 4.16. The van der Waals surface area contributed by atoms with Gasteiger partial charge in [0.05, 0.1) is 11.4 Å². The number of hydrogen-bond acceptors (Lipinski definition) is 7. The molecule has 1 atom stereocenters. The van der Waals surface area contributed by atoms with Crippen molar-refractivity contribution in [2.75, 3.05) is 18.6 Å². The smallest absolute Gasteiger partial charge is 0.272 e. The standard InChI is InChI=1S/C30H18F2N6O3S/c1-37-25-11-17(5-8-19-3-2-4-20(13-33)34-19)6-10-27(25)41-15-24(29(37)40)35-28(39)23-14-38-26(16-42-30(38)36-23)21-9-7-18(31)12-22(21)32/h2-4,6-7,9-12,14,16,24H,15H2,1H3,(H,35,39)/t24-/m0/s1. The first-order valence-electron chi connectivity index (χ1n) is 12.5. The second-order valence-corrected chi connectivity index (χ2v) is 10.0. The number of fused-ring (bicyclic) bond motifs is 2. The molecule has 5 aromatic rings. The van der Waals surface area contributed by atoms with Crippen LogP contribution in [-0.4, -0.2) is 45.9 Å². The Hall–Kier alpha value is -5.59. The monoisotopic (exact) mass is 580 g/mol. The number of carbonyl (C=O) groups excluding carboxylic acids is 2. The summed E-state index contributed by atoms with van der Waals surface area (Å²) in [4.78, 5) is 36.7. The molecule has 0 spiro atoms. The molecule has 206 valence electrons. The summed E-state index contributed by atoms with van der Waals surface area (Å²) < 4.78 is 35.2. The Kier molecular flexibility index (Phi) is 6.82. The van der Waals surface area contributed by atoms with Gasteiger partial charge in [0, 0.05) is 35.8 Å². The molecule has 6 rings (SSSR count). The number of likely N-dealkylation sites (N-methyl/N-ethyl adjacent to an activating group) is 1. The van der Waals surface area contributed by atoms with E-state index in [9.17, 15) is 18.4 Å². The number of thiazole rings is 1. The Bertz CT molecular complexity index is 2000. The number of halogens is 2. The van der Waals surface area contributed by atoms with E-state index in [1.54, 1.807) is 48.8 Å². The zero-order valence-corrected chi connectivity index (χ0v) is 22.6. The molecule has 1 aliphatic rings. The van der Waals surface area contributed by atoms with E-state index in [0.717, 1.165) is 12.1 Å². The van der Waals surface area contributed by atoms with Crippen molar-refractivity contribution in [3.63, 3.8) is 0 Å². The van der Waals surface area contributed by atoms with Crippen LogP contribution in [0, 0.1) is 34.8 Å². The molecule has 9 nitrogen and oxygen atoms in total. The predicted molar refractivity (Wildman–Crippen MR) is 150 cm³/mol. The summed E-state index contributed by atoms with van der Waals surface area (Å²) in [6.07, 6.45) is 1.44. The van der Waals surface area contributed by atoms with Crippen LogP contribution in [-0.2, 0) is 4.79 Å². The van der Waals surface area contributed by atoms with Gasteiger partial charge in [0.2, 0.25) is 0 Å². The molecular formula is C30H18F2N6O3S. The van der Waals surface area contributed by atoms with Gasteiger partial charge in [0.1, 0.15) is 53.2 Å². The molecular weight excluding hydrogens is 562 g/mol. The van der Waals surface area contributed by atoms with Gasteiger partial charge in [-0.25, -0.2) is 18.7 Å². The topological polar surface area (TPSA) is 113 Å². The number of nitrogens with zero attached hydrogens (tertiary/aromatic N) is 5. The van der Waals surface area contributed by atoms with E-state index in [1.807, 2.05) is 6.07 Å². The first-order chi connectivity index (χ1) is 20.3. The summed E-state index contributed by atoms with van der Waals surface area (Å²) in [6.45, 7) is -0.119. The Morgan fingerprint density at radius 1 is 1.12 bits per heavy atom. The molecule has 0 saturated carbocycles. The largest absolute Gasteiger partial charge is 0.489 e. The zero-order valence-electron chi connectivity index (χ0n) is 21.8. The molecule has 2 amide bonds. The van der Waals surface area contributed by atoms with Gasteiger partial charge in [-0.15, -0.1) is 11.3 Å². The molecule has 0 bridgehead atoms. The van der Waals surface area contributed by atoms with Gasteiger partial charge in [-0.05, 0) is 48.4 Å². The highest BCUT2D eigenvalue weighted by Gasteiger charge is 2.31. The first-order valence-corrected chi connectivity index (χ1v) is 13.3. The van der Waals surface area contributed by atoms with Crippen LogP contribution in [0.5, 0.6) is 5.75 Å². The Labute approximate surface area is 241 Å². The number of ether oxygens (including phenoxy) is 1. The van der Waals surface area contributed by atoms with Crippen LogP contribution >= 0.6 is 11.3 Å². The summed E-state index contributed by atoms with van der Waals surface area (Å²) in [7, 11) is 1.57. The van der Waals surface area contributed by atoms with E-state index >= 15 is 0 Å². The highest BCUT2D eigenvalue weighted by atomic mass is 32.1. The van der Waals surface area contributed by atoms with Gasteiger partial charge in [-0.1, -0.05) is 12.0 Å². The Morgan fingerprint density at radius 3 is 2.76 bits per heavy atom. The van der Waals surface area contributed by atoms with Gasteiger partial charge in [-0.3, -0.25) is 14.0 Å². The van der Waals surface area contributed by atoms with Gasteiger partial charge < -0.3 is 15.0 Å². The maximum atomic E-state index is 14.4. The van der Waals surface area contributed by atoms with Gasteiger partial charge in [0.25, 0.3) is 11.8 Å². The van der Waals surface area contributed by atoms with Gasteiger partial charge in [-0.2, -0.15) is 5.26 Å². The molecule has 42 heavy (non-hydrogen) atoms. The number of amides is 2. The minimum atomic E-state index is -1.02. The molecule has 3 aromatic heterocycles. The third kappa shape index (κ3) is 5.03. The molecule has 0 radical (unpaired) electrons.